The molecule has 1 aliphatic heterocycles. The number of ether oxygens (including phenoxy) is 1. The van der Waals surface area contributed by atoms with Gasteiger partial charge in [0.05, 0.1) is 13.3 Å². The molecular formula is C13H18N4O. The van der Waals surface area contributed by atoms with E-state index >= 15 is 0 Å². The molecule has 5 heteroatoms. The van der Waals surface area contributed by atoms with Crippen molar-refractivity contribution in [2.24, 2.45) is 7.05 Å². The van der Waals surface area contributed by atoms with Crippen LogP contribution in [0.1, 0.15) is 30.9 Å². The van der Waals surface area contributed by atoms with Crippen LogP contribution in [0, 0.1) is 0 Å². The fourth-order valence-electron chi connectivity index (χ4n) is 2.62. The van der Waals surface area contributed by atoms with Gasteiger partial charge >= 0.3 is 0 Å². The zero-order valence-electron chi connectivity index (χ0n) is 10.8. The third kappa shape index (κ3) is 1.84. The van der Waals surface area contributed by atoms with Crippen LogP contribution in [-0.2, 0) is 7.05 Å². The summed E-state index contributed by atoms with van der Waals surface area (Å²) in [6, 6.07) is 0.392. The quantitative estimate of drug-likeness (QED) is 0.877. The Morgan fingerprint density at radius 2 is 2.33 bits per heavy atom. The maximum absolute atomic E-state index is 5.17. The van der Waals surface area contributed by atoms with E-state index in [-0.39, 0.29) is 0 Å². The van der Waals surface area contributed by atoms with Crippen LogP contribution in [0.4, 0.5) is 0 Å². The Morgan fingerprint density at radius 3 is 3.06 bits per heavy atom. The van der Waals surface area contributed by atoms with E-state index in [4.69, 9.17) is 4.74 Å². The maximum Gasteiger partial charge on any atom is 0.232 e. The number of aryl methyl sites for hydroxylation is 1. The molecule has 96 valence electrons. The van der Waals surface area contributed by atoms with E-state index in [1.165, 1.54) is 18.4 Å². The van der Waals surface area contributed by atoms with Crippen LogP contribution < -0.4 is 10.1 Å². The van der Waals surface area contributed by atoms with Crippen molar-refractivity contribution in [3.63, 3.8) is 0 Å². The lowest BCUT2D eigenvalue weighted by Crippen LogP contribution is -2.26. The van der Waals surface area contributed by atoms with Gasteiger partial charge in [0.1, 0.15) is 5.52 Å². The number of aromatic nitrogens is 3. The molecule has 2 aromatic rings. The highest BCUT2D eigenvalue weighted by Gasteiger charge is 2.21. The molecule has 0 bridgehead atoms. The molecule has 0 spiro atoms. The number of rotatable bonds is 2. The molecule has 3 heterocycles. The summed E-state index contributed by atoms with van der Waals surface area (Å²) in [4.78, 5) is 8.96. The van der Waals surface area contributed by atoms with E-state index in [9.17, 15) is 0 Å². The highest BCUT2D eigenvalue weighted by Crippen LogP contribution is 2.29. The highest BCUT2D eigenvalue weighted by atomic mass is 16.5. The summed E-state index contributed by atoms with van der Waals surface area (Å²) in [7, 11) is 3.63. The lowest BCUT2D eigenvalue weighted by molar-refractivity contribution is 0.396. The molecule has 0 amide bonds. The lowest BCUT2D eigenvalue weighted by atomic mass is 9.99. The van der Waals surface area contributed by atoms with Crippen LogP contribution in [0.25, 0.3) is 11.2 Å². The van der Waals surface area contributed by atoms with Crippen molar-refractivity contribution in [1.29, 1.82) is 0 Å². The topological polar surface area (TPSA) is 52.0 Å². The molecule has 1 aliphatic rings. The predicted molar refractivity (Wildman–Crippen MR) is 69.7 cm³/mol. The normalized spacial score (nSPS) is 20.2. The van der Waals surface area contributed by atoms with Gasteiger partial charge in [-0.1, -0.05) is 6.42 Å². The van der Waals surface area contributed by atoms with Crippen LogP contribution in [0.3, 0.4) is 0 Å². The van der Waals surface area contributed by atoms with Crippen molar-refractivity contribution in [2.45, 2.75) is 25.3 Å². The molecule has 1 saturated heterocycles. The molecule has 5 nitrogen and oxygen atoms in total. The third-order valence-electron chi connectivity index (χ3n) is 3.57. The standard InChI is InChI=1S/C13H18N4O/c1-17-8-9(10-5-3-4-6-14-10)12-13(17)15-7-11(16-12)18-2/h7-8,10,14H,3-6H2,1-2H3. The second-order valence-electron chi connectivity index (χ2n) is 4.78. The average Bonchev–Trinajstić information content (AvgIpc) is 2.76. The van der Waals surface area contributed by atoms with E-state index in [2.05, 4.69) is 21.5 Å². The van der Waals surface area contributed by atoms with Gasteiger partial charge in [-0.05, 0) is 19.4 Å². The summed E-state index contributed by atoms with van der Waals surface area (Å²) < 4.78 is 7.21. The molecule has 3 rings (SSSR count). The van der Waals surface area contributed by atoms with Gasteiger partial charge in [-0.2, -0.15) is 0 Å². The summed E-state index contributed by atoms with van der Waals surface area (Å²) in [6.07, 6.45) is 7.49. The molecule has 0 aliphatic carbocycles. The van der Waals surface area contributed by atoms with E-state index in [1.54, 1.807) is 13.3 Å². The molecule has 1 unspecified atom stereocenters. The van der Waals surface area contributed by atoms with Gasteiger partial charge in [-0.15, -0.1) is 0 Å². The predicted octanol–water partition coefficient (Wildman–Crippen LogP) is 1.79. The van der Waals surface area contributed by atoms with Gasteiger partial charge in [0.15, 0.2) is 5.65 Å². The molecule has 18 heavy (non-hydrogen) atoms. The van der Waals surface area contributed by atoms with Crippen LogP contribution in [0.15, 0.2) is 12.4 Å². The first-order valence-corrected chi connectivity index (χ1v) is 6.39. The number of fused-ring (bicyclic) bond motifs is 1. The fraction of sp³-hybridized carbons (Fsp3) is 0.538. The fourth-order valence-corrected chi connectivity index (χ4v) is 2.62. The summed E-state index contributed by atoms with van der Waals surface area (Å²) in [5.74, 6) is 0.575. The Hall–Kier alpha value is -1.62. The lowest BCUT2D eigenvalue weighted by Gasteiger charge is -2.22. The molecular weight excluding hydrogens is 228 g/mol. The maximum atomic E-state index is 5.17. The molecule has 0 radical (unpaired) electrons. The van der Waals surface area contributed by atoms with Crippen molar-refractivity contribution in [3.05, 3.63) is 18.0 Å². The van der Waals surface area contributed by atoms with Crippen molar-refractivity contribution < 1.29 is 4.74 Å². The van der Waals surface area contributed by atoms with Crippen molar-refractivity contribution in [3.8, 4) is 5.88 Å². The smallest absolute Gasteiger partial charge is 0.232 e. The summed E-state index contributed by atoms with van der Waals surface area (Å²) >= 11 is 0. The molecule has 0 aromatic carbocycles. The molecule has 1 atom stereocenters. The van der Waals surface area contributed by atoms with E-state index in [0.29, 0.717) is 11.9 Å². The second-order valence-corrected chi connectivity index (χ2v) is 4.78. The second kappa shape index (κ2) is 4.57. The first-order chi connectivity index (χ1) is 8.79. The minimum Gasteiger partial charge on any atom is -0.480 e. The van der Waals surface area contributed by atoms with E-state index in [1.807, 2.05) is 11.6 Å². The molecule has 0 saturated carbocycles. The van der Waals surface area contributed by atoms with E-state index < -0.39 is 0 Å². The van der Waals surface area contributed by atoms with Gasteiger partial charge in [0.25, 0.3) is 0 Å². The van der Waals surface area contributed by atoms with Gasteiger partial charge in [-0.25, -0.2) is 9.97 Å². The molecule has 2 aromatic heterocycles. The van der Waals surface area contributed by atoms with Crippen LogP contribution in [0.5, 0.6) is 5.88 Å². The molecule has 1 N–H and O–H groups in total. The number of nitrogens with zero attached hydrogens (tertiary/aromatic N) is 3. The SMILES string of the molecule is COc1cnc2c(n1)c(C1CCCCN1)cn2C. The number of piperidine rings is 1. The summed E-state index contributed by atoms with van der Waals surface area (Å²) in [5.41, 5.74) is 3.10. The highest BCUT2D eigenvalue weighted by molar-refractivity contribution is 5.77. The first-order valence-electron chi connectivity index (χ1n) is 6.39. The Labute approximate surface area is 106 Å². The van der Waals surface area contributed by atoms with Crippen molar-refractivity contribution >= 4 is 11.2 Å². The van der Waals surface area contributed by atoms with Crippen LogP contribution in [-0.4, -0.2) is 28.2 Å². The minimum absolute atomic E-state index is 0.392. The van der Waals surface area contributed by atoms with Crippen molar-refractivity contribution in [2.75, 3.05) is 13.7 Å². The number of hydrogen-bond donors (Lipinski definition) is 1. The van der Waals surface area contributed by atoms with Gasteiger partial charge < -0.3 is 14.6 Å². The first kappa shape index (κ1) is 11.5. The van der Waals surface area contributed by atoms with Gasteiger partial charge in [0.2, 0.25) is 5.88 Å². The number of nitrogens with one attached hydrogen (secondary N) is 1. The van der Waals surface area contributed by atoms with Gasteiger partial charge in [-0.3, -0.25) is 0 Å². The molecule has 1 fully saturated rings. The Kier molecular flexibility index (Phi) is 2.91. The number of hydrogen-bond acceptors (Lipinski definition) is 4. The Morgan fingerprint density at radius 1 is 1.44 bits per heavy atom. The monoisotopic (exact) mass is 246 g/mol. The van der Waals surface area contributed by atoms with E-state index in [0.717, 1.165) is 24.1 Å². The Balaban J connectivity index is 2.09. The Bertz CT molecular complexity index is 557. The largest absolute Gasteiger partial charge is 0.480 e. The summed E-state index contributed by atoms with van der Waals surface area (Å²) in [6.45, 7) is 1.08. The third-order valence-corrected chi connectivity index (χ3v) is 3.57. The number of methoxy groups -OCH3 is 1. The van der Waals surface area contributed by atoms with Gasteiger partial charge in [0, 0.05) is 24.8 Å². The van der Waals surface area contributed by atoms with Crippen LogP contribution >= 0.6 is 0 Å². The average molecular weight is 246 g/mol. The minimum atomic E-state index is 0.392. The van der Waals surface area contributed by atoms with Crippen molar-refractivity contribution in [1.82, 2.24) is 19.9 Å². The summed E-state index contributed by atoms with van der Waals surface area (Å²) in [5, 5.41) is 3.56. The zero-order chi connectivity index (χ0) is 12.5. The van der Waals surface area contributed by atoms with Crippen LogP contribution in [0.2, 0.25) is 0 Å². The zero-order valence-corrected chi connectivity index (χ0v) is 10.8.